The van der Waals surface area contributed by atoms with Crippen LogP contribution >= 0.6 is 0 Å². The first kappa shape index (κ1) is 23.4. The summed E-state index contributed by atoms with van der Waals surface area (Å²) in [6, 6.07) is -0.194. The van der Waals surface area contributed by atoms with Crippen molar-refractivity contribution in [2.24, 2.45) is 11.8 Å². The lowest BCUT2D eigenvalue weighted by Crippen LogP contribution is -2.37. The monoisotopic (exact) mass is 356 g/mol. The number of aliphatic carboxylic acids is 1. The molecule has 0 heterocycles. The Hall–Kier alpha value is -1.59. The van der Waals surface area contributed by atoms with E-state index in [1.54, 1.807) is 0 Å². The van der Waals surface area contributed by atoms with Crippen molar-refractivity contribution in [2.45, 2.75) is 85.1 Å². The van der Waals surface area contributed by atoms with E-state index >= 15 is 0 Å². The fourth-order valence-corrected chi connectivity index (χ4v) is 2.77. The largest absolute Gasteiger partial charge is 0.481 e. The highest BCUT2D eigenvalue weighted by atomic mass is 16.4. The zero-order valence-corrected chi connectivity index (χ0v) is 16.3. The maximum atomic E-state index is 11.9. The SMILES string of the molecule is CCCCCC(=O)NC(C)CC(=O)NCCCC(C(=O)O)C(C)CC. The van der Waals surface area contributed by atoms with E-state index in [-0.39, 0.29) is 36.1 Å². The molecule has 0 aromatic heterocycles. The number of hydrogen-bond acceptors (Lipinski definition) is 3. The van der Waals surface area contributed by atoms with E-state index in [0.717, 1.165) is 25.7 Å². The number of carbonyl (C=O) groups is 3. The Kier molecular flexibility index (Phi) is 12.8. The molecule has 0 rings (SSSR count). The van der Waals surface area contributed by atoms with E-state index in [2.05, 4.69) is 17.6 Å². The van der Waals surface area contributed by atoms with Crippen LogP contribution in [0.3, 0.4) is 0 Å². The predicted molar refractivity (Wildman–Crippen MR) is 99.2 cm³/mol. The van der Waals surface area contributed by atoms with E-state index in [4.69, 9.17) is 0 Å². The molecule has 0 aromatic rings. The van der Waals surface area contributed by atoms with Gasteiger partial charge in [0.15, 0.2) is 0 Å². The van der Waals surface area contributed by atoms with Crippen molar-refractivity contribution in [3.8, 4) is 0 Å². The second kappa shape index (κ2) is 13.7. The molecule has 25 heavy (non-hydrogen) atoms. The first-order valence-corrected chi connectivity index (χ1v) is 9.60. The molecule has 0 saturated heterocycles. The second-order valence-electron chi connectivity index (χ2n) is 6.95. The molecule has 0 radical (unpaired) electrons. The highest BCUT2D eigenvalue weighted by molar-refractivity contribution is 5.79. The minimum Gasteiger partial charge on any atom is -0.481 e. The summed E-state index contributed by atoms with van der Waals surface area (Å²) >= 11 is 0. The zero-order valence-electron chi connectivity index (χ0n) is 16.3. The third-order valence-corrected chi connectivity index (χ3v) is 4.57. The summed E-state index contributed by atoms with van der Waals surface area (Å²) in [6.07, 6.45) is 5.78. The van der Waals surface area contributed by atoms with Crippen LogP contribution in [0.25, 0.3) is 0 Å². The third-order valence-electron chi connectivity index (χ3n) is 4.57. The third kappa shape index (κ3) is 11.6. The van der Waals surface area contributed by atoms with Crippen LogP contribution in [0.5, 0.6) is 0 Å². The van der Waals surface area contributed by atoms with Crippen molar-refractivity contribution in [3.05, 3.63) is 0 Å². The van der Waals surface area contributed by atoms with Crippen LogP contribution in [-0.2, 0) is 14.4 Å². The summed E-state index contributed by atoms with van der Waals surface area (Å²) < 4.78 is 0. The molecule has 0 aromatic carbocycles. The van der Waals surface area contributed by atoms with Gasteiger partial charge in [0.25, 0.3) is 0 Å². The summed E-state index contributed by atoms with van der Waals surface area (Å²) in [5, 5.41) is 14.9. The van der Waals surface area contributed by atoms with Gasteiger partial charge in [-0.2, -0.15) is 0 Å². The second-order valence-corrected chi connectivity index (χ2v) is 6.95. The van der Waals surface area contributed by atoms with Crippen molar-refractivity contribution in [2.75, 3.05) is 6.54 Å². The Labute approximate surface area is 152 Å². The summed E-state index contributed by atoms with van der Waals surface area (Å²) in [5.41, 5.74) is 0. The average Bonchev–Trinajstić information content (AvgIpc) is 2.53. The van der Waals surface area contributed by atoms with Crippen LogP contribution in [0.4, 0.5) is 0 Å². The zero-order chi connectivity index (χ0) is 19.2. The van der Waals surface area contributed by atoms with Crippen molar-refractivity contribution in [1.82, 2.24) is 10.6 Å². The van der Waals surface area contributed by atoms with Gasteiger partial charge in [-0.1, -0.05) is 40.0 Å². The van der Waals surface area contributed by atoms with Gasteiger partial charge in [-0.3, -0.25) is 14.4 Å². The van der Waals surface area contributed by atoms with Gasteiger partial charge in [0, 0.05) is 25.4 Å². The summed E-state index contributed by atoms with van der Waals surface area (Å²) in [4.78, 5) is 34.8. The van der Waals surface area contributed by atoms with Crippen LogP contribution in [0.2, 0.25) is 0 Å². The Morgan fingerprint density at radius 3 is 2.24 bits per heavy atom. The lowest BCUT2D eigenvalue weighted by molar-refractivity contribution is -0.143. The molecule has 0 aliphatic carbocycles. The normalized spacial score (nSPS) is 14.4. The number of carbonyl (C=O) groups excluding carboxylic acids is 2. The Morgan fingerprint density at radius 1 is 1.00 bits per heavy atom. The van der Waals surface area contributed by atoms with E-state index in [0.29, 0.717) is 25.8 Å². The number of rotatable bonds is 14. The predicted octanol–water partition coefficient (Wildman–Crippen LogP) is 3.10. The number of nitrogens with one attached hydrogen (secondary N) is 2. The van der Waals surface area contributed by atoms with Crippen LogP contribution in [0.1, 0.15) is 79.1 Å². The van der Waals surface area contributed by atoms with Gasteiger partial charge in [-0.25, -0.2) is 0 Å². The molecule has 3 unspecified atom stereocenters. The number of unbranched alkanes of at least 4 members (excludes halogenated alkanes) is 2. The number of carboxylic acids is 1. The van der Waals surface area contributed by atoms with Crippen molar-refractivity contribution >= 4 is 17.8 Å². The number of amides is 2. The lowest BCUT2D eigenvalue weighted by Gasteiger charge is -2.18. The van der Waals surface area contributed by atoms with E-state index in [1.807, 2.05) is 20.8 Å². The van der Waals surface area contributed by atoms with Crippen molar-refractivity contribution in [3.63, 3.8) is 0 Å². The van der Waals surface area contributed by atoms with Crippen molar-refractivity contribution in [1.29, 1.82) is 0 Å². The van der Waals surface area contributed by atoms with Gasteiger partial charge in [-0.15, -0.1) is 0 Å². The van der Waals surface area contributed by atoms with Crippen LogP contribution in [0, 0.1) is 11.8 Å². The van der Waals surface area contributed by atoms with E-state index in [1.165, 1.54) is 0 Å². The van der Waals surface area contributed by atoms with Crippen LogP contribution in [-0.4, -0.2) is 35.5 Å². The maximum Gasteiger partial charge on any atom is 0.306 e. The Morgan fingerprint density at radius 2 is 1.68 bits per heavy atom. The maximum absolute atomic E-state index is 11.9. The summed E-state index contributed by atoms with van der Waals surface area (Å²) in [5.74, 6) is -1.11. The molecule has 146 valence electrons. The van der Waals surface area contributed by atoms with Gasteiger partial charge in [0.05, 0.1) is 5.92 Å². The van der Waals surface area contributed by atoms with Gasteiger partial charge in [0.2, 0.25) is 11.8 Å². The number of carboxylic acid groups (broad SMARTS) is 1. The number of hydrogen-bond donors (Lipinski definition) is 3. The molecule has 0 aliphatic heterocycles. The smallest absolute Gasteiger partial charge is 0.306 e. The first-order chi connectivity index (χ1) is 11.8. The van der Waals surface area contributed by atoms with Crippen LogP contribution < -0.4 is 10.6 Å². The summed E-state index contributed by atoms with van der Waals surface area (Å²) in [7, 11) is 0. The molecule has 2 amide bonds. The quantitative estimate of drug-likeness (QED) is 0.417. The minimum absolute atomic E-state index is 0.00777. The molecule has 3 atom stereocenters. The highest BCUT2D eigenvalue weighted by Gasteiger charge is 2.22. The average molecular weight is 357 g/mol. The molecule has 0 aliphatic rings. The molecule has 0 fully saturated rings. The first-order valence-electron chi connectivity index (χ1n) is 9.60. The lowest BCUT2D eigenvalue weighted by atomic mass is 9.88. The van der Waals surface area contributed by atoms with E-state index < -0.39 is 5.97 Å². The standard InChI is InChI=1S/C19H36N2O4/c1-5-7-8-11-17(22)21-15(4)13-18(23)20-12-9-10-16(19(24)25)14(3)6-2/h14-16H,5-13H2,1-4H3,(H,20,23)(H,21,22)(H,24,25). The molecule has 3 N–H and O–H groups in total. The molecule has 6 nitrogen and oxygen atoms in total. The van der Waals surface area contributed by atoms with Gasteiger partial charge in [0.1, 0.15) is 0 Å². The van der Waals surface area contributed by atoms with Crippen molar-refractivity contribution < 1.29 is 19.5 Å². The topological polar surface area (TPSA) is 95.5 Å². The highest BCUT2D eigenvalue weighted by Crippen LogP contribution is 2.20. The minimum atomic E-state index is -0.764. The van der Waals surface area contributed by atoms with Crippen LogP contribution in [0.15, 0.2) is 0 Å². The van der Waals surface area contributed by atoms with Gasteiger partial charge < -0.3 is 15.7 Å². The van der Waals surface area contributed by atoms with Gasteiger partial charge in [-0.05, 0) is 32.1 Å². The molecular formula is C19H36N2O4. The molecule has 0 saturated carbocycles. The molecular weight excluding hydrogens is 320 g/mol. The molecule has 0 bridgehead atoms. The summed E-state index contributed by atoms with van der Waals surface area (Å²) in [6.45, 7) is 8.31. The molecule has 0 spiro atoms. The Bertz CT molecular complexity index is 412. The fourth-order valence-electron chi connectivity index (χ4n) is 2.77. The van der Waals surface area contributed by atoms with E-state index in [9.17, 15) is 19.5 Å². The van der Waals surface area contributed by atoms with Gasteiger partial charge >= 0.3 is 5.97 Å². The fraction of sp³-hybridized carbons (Fsp3) is 0.842. The molecule has 6 heteroatoms. The Balaban J connectivity index is 3.95.